The fourth-order valence-corrected chi connectivity index (χ4v) is 1.97. The van der Waals surface area contributed by atoms with Gasteiger partial charge in [-0.3, -0.25) is 0 Å². The van der Waals surface area contributed by atoms with Gasteiger partial charge in [0.25, 0.3) is 0 Å². The summed E-state index contributed by atoms with van der Waals surface area (Å²) in [7, 11) is 1.58. The summed E-state index contributed by atoms with van der Waals surface area (Å²) in [6, 6.07) is 11.5. The van der Waals surface area contributed by atoms with E-state index in [-0.39, 0.29) is 5.56 Å². The van der Waals surface area contributed by atoms with Crippen molar-refractivity contribution >= 4 is 5.69 Å². The molecule has 0 bridgehead atoms. The molecule has 0 fully saturated rings. The van der Waals surface area contributed by atoms with Gasteiger partial charge in [-0.1, -0.05) is 0 Å². The molecule has 1 aromatic heterocycles. The van der Waals surface area contributed by atoms with Crippen molar-refractivity contribution < 1.29 is 9.13 Å². The molecule has 0 atom stereocenters. The Hall–Kier alpha value is -2.96. The largest absolute Gasteiger partial charge is 0.497 e. The first-order valence-electron chi connectivity index (χ1n) is 6.17. The Kier molecular flexibility index (Phi) is 3.23. The van der Waals surface area contributed by atoms with Gasteiger partial charge in [-0.25, -0.2) is 4.39 Å². The highest BCUT2D eigenvalue weighted by Crippen LogP contribution is 2.24. The van der Waals surface area contributed by atoms with E-state index in [0.29, 0.717) is 22.9 Å². The summed E-state index contributed by atoms with van der Waals surface area (Å²) >= 11 is 0. The highest BCUT2D eigenvalue weighted by Gasteiger charge is 2.15. The SMILES string of the molecule is COc1ccc(-n2nnnc2-c2ccc(N)cc2F)cc1. The summed E-state index contributed by atoms with van der Waals surface area (Å²) in [5.41, 5.74) is 6.88. The quantitative estimate of drug-likeness (QED) is 0.745. The van der Waals surface area contributed by atoms with Crippen molar-refractivity contribution in [2.75, 3.05) is 12.8 Å². The summed E-state index contributed by atoms with van der Waals surface area (Å²) in [5.74, 6) is 0.546. The molecule has 2 N–H and O–H groups in total. The van der Waals surface area contributed by atoms with Gasteiger partial charge in [0.05, 0.1) is 18.4 Å². The van der Waals surface area contributed by atoms with Crippen LogP contribution < -0.4 is 10.5 Å². The zero-order chi connectivity index (χ0) is 14.8. The first-order chi connectivity index (χ1) is 10.2. The average molecular weight is 285 g/mol. The molecule has 7 heteroatoms. The van der Waals surface area contributed by atoms with Crippen LogP contribution in [0.1, 0.15) is 0 Å². The number of methoxy groups -OCH3 is 1. The van der Waals surface area contributed by atoms with Crippen molar-refractivity contribution in [2.45, 2.75) is 0 Å². The lowest BCUT2D eigenvalue weighted by Gasteiger charge is -2.07. The third-order valence-corrected chi connectivity index (χ3v) is 3.02. The molecule has 0 aliphatic rings. The second-order valence-electron chi connectivity index (χ2n) is 4.35. The summed E-state index contributed by atoms with van der Waals surface area (Å²) in [4.78, 5) is 0. The maximum absolute atomic E-state index is 14.0. The van der Waals surface area contributed by atoms with Gasteiger partial charge in [-0.2, -0.15) is 4.68 Å². The normalized spacial score (nSPS) is 10.6. The number of halogens is 1. The maximum atomic E-state index is 14.0. The first-order valence-corrected chi connectivity index (χ1v) is 6.17. The average Bonchev–Trinajstić information content (AvgIpc) is 2.96. The lowest BCUT2D eigenvalue weighted by molar-refractivity contribution is 0.414. The second kappa shape index (κ2) is 5.20. The molecule has 0 amide bonds. The highest BCUT2D eigenvalue weighted by molar-refractivity contribution is 5.61. The topological polar surface area (TPSA) is 78.8 Å². The Balaban J connectivity index is 2.07. The van der Waals surface area contributed by atoms with E-state index in [1.165, 1.54) is 10.7 Å². The molecule has 0 saturated heterocycles. The van der Waals surface area contributed by atoms with Crippen LogP contribution in [0, 0.1) is 5.82 Å². The number of nitrogens with two attached hydrogens (primary N) is 1. The molecule has 0 aliphatic carbocycles. The minimum Gasteiger partial charge on any atom is -0.497 e. The molecule has 21 heavy (non-hydrogen) atoms. The van der Waals surface area contributed by atoms with E-state index in [0.717, 1.165) is 0 Å². The van der Waals surface area contributed by atoms with Crippen LogP contribution in [0.2, 0.25) is 0 Å². The number of hydrogen-bond donors (Lipinski definition) is 1. The maximum Gasteiger partial charge on any atom is 0.190 e. The number of hydrogen-bond acceptors (Lipinski definition) is 5. The number of aromatic nitrogens is 4. The van der Waals surface area contributed by atoms with Gasteiger partial charge in [0, 0.05) is 5.69 Å². The molecule has 3 aromatic rings. The van der Waals surface area contributed by atoms with Gasteiger partial charge in [0.15, 0.2) is 5.82 Å². The van der Waals surface area contributed by atoms with Crippen LogP contribution in [-0.4, -0.2) is 27.3 Å². The van der Waals surface area contributed by atoms with Crippen LogP contribution in [0.25, 0.3) is 17.1 Å². The number of benzene rings is 2. The fourth-order valence-electron chi connectivity index (χ4n) is 1.97. The molecule has 0 saturated carbocycles. The molecule has 0 aliphatic heterocycles. The van der Waals surface area contributed by atoms with Crippen LogP contribution in [0.3, 0.4) is 0 Å². The Bertz CT molecular complexity index is 769. The fraction of sp³-hybridized carbons (Fsp3) is 0.0714. The molecular weight excluding hydrogens is 273 g/mol. The monoisotopic (exact) mass is 285 g/mol. The van der Waals surface area contributed by atoms with Crippen LogP contribution in [0.15, 0.2) is 42.5 Å². The van der Waals surface area contributed by atoms with Gasteiger partial charge in [-0.05, 0) is 52.9 Å². The van der Waals surface area contributed by atoms with Crippen molar-refractivity contribution in [3.8, 4) is 22.8 Å². The predicted octanol–water partition coefficient (Wildman–Crippen LogP) is 2.06. The Morgan fingerprint density at radius 1 is 1.14 bits per heavy atom. The van der Waals surface area contributed by atoms with Gasteiger partial charge in [0.2, 0.25) is 0 Å². The smallest absolute Gasteiger partial charge is 0.190 e. The third-order valence-electron chi connectivity index (χ3n) is 3.02. The van der Waals surface area contributed by atoms with Crippen molar-refractivity contribution in [3.05, 3.63) is 48.3 Å². The third kappa shape index (κ3) is 2.40. The number of ether oxygens (including phenoxy) is 1. The molecule has 2 aromatic carbocycles. The molecule has 106 valence electrons. The predicted molar refractivity (Wildman–Crippen MR) is 75.5 cm³/mol. The Labute approximate surface area is 120 Å². The Morgan fingerprint density at radius 3 is 2.57 bits per heavy atom. The summed E-state index contributed by atoms with van der Waals surface area (Å²) in [6.45, 7) is 0. The second-order valence-corrected chi connectivity index (χ2v) is 4.35. The van der Waals surface area contributed by atoms with Crippen LogP contribution in [0.5, 0.6) is 5.75 Å². The number of nitrogen functional groups attached to an aromatic ring is 1. The van der Waals surface area contributed by atoms with Crippen molar-refractivity contribution in [1.29, 1.82) is 0 Å². The van der Waals surface area contributed by atoms with Crippen LogP contribution >= 0.6 is 0 Å². The molecule has 1 heterocycles. The summed E-state index contributed by atoms with van der Waals surface area (Å²) < 4.78 is 20.6. The first kappa shape index (κ1) is 13.0. The van der Waals surface area contributed by atoms with E-state index in [1.807, 2.05) is 0 Å². The minimum atomic E-state index is -0.473. The van der Waals surface area contributed by atoms with Gasteiger partial charge >= 0.3 is 0 Å². The standard InChI is InChI=1S/C14H12FN5O/c1-21-11-5-3-10(4-6-11)20-14(17-18-19-20)12-7-2-9(16)8-13(12)15/h2-8H,16H2,1H3. The van der Waals surface area contributed by atoms with Crippen molar-refractivity contribution in [3.63, 3.8) is 0 Å². The van der Waals surface area contributed by atoms with Crippen molar-refractivity contribution in [1.82, 2.24) is 20.2 Å². The molecule has 0 radical (unpaired) electrons. The number of tetrazole rings is 1. The van der Waals surface area contributed by atoms with E-state index >= 15 is 0 Å². The lowest BCUT2D eigenvalue weighted by atomic mass is 10.1. The highest BCUT2D eigenvalue weighted by atomic mass is 19.1. The molecule has 0 spiro atoms. The molecule has 6 nitrogen and oxygen atoms in total. The van der Waals surface area contributed by atoms with E-state index in [9.17, 15) is 4.39 Å². The van der Waals surface area contributed by atoms with Gasteiger partial charge in [-0.15, -0.1) is 5.10 Å². The Morgan fingerprint density at radius 2 is 1.90 bits per heavy atom. The minimum absolute atomic E-state index is 0.282. The number of anilines is 1. The van der Waals surface area contributed by atoms with E-state index in [1.54, 1.807) is 43.5 Å². The van der Waals surface area contributed by atoms with Crippen LogP contribution in [0.4, 0.5) is 10.1 Å². The molecule has 0 unspecified atom stereocenters. The van der Waals surface area contributed by atoms with E-state index < -0.39 is 5.82 Å². The van der Waals surface area contributed by atoms with E-state index in [4.69, 9.17) is 10.5 Å². The number of rotatable bonds is 3. The zero-order valence-electron chi connectivity index (χ0n) is 11.2. The number of nitrogens with zero attached hydrogens (tertiary/aromatic N) is 4. The molecule has 3 rings (SSSR count). The lowest BCUT2D eigenvalue weighted by Crippen LogP contribution is -2.01. The van der Waals surface area contributed by atoms with Gasteiger partial charge < -0.3 is 10.5 Å². The van der Waals surface area contributed by atoms with Gasteiger partial charge in [0.1, 0.15) is 11.6 Å². The summed E-state index contributed by atoms with van der Waals surface area (Å²) in [6.07, 6.45) is 0. The van der Waals surface area contributed by atoms with E-state index in [2.05, 4.69) is 15.5 Å². The van der Waals surface area contributed by atoms with Crippen molar-refractivity contribution in [2.24, 2.45) is 0 Å². The summed E-state index contributed by atoms with van der Waals surface area (Å²) in [5, 5.41) is 11.4. The molecular formula is C14H12FN5O. The zero-order valence-corrected chi connectivity index (χ0v) is 11.2. The van der Waals surface area contributed by atoms with Crippen LogP contribution in [-0.2, 0) is 0 Å².